The summed E-state index contributed by atoms with van der Waals surface area (Å²) < 4.78 is 1.85. The number of hydrogen-bond acceptors (Lipinski definition) is 3. The van der Waals surface area contributed by atoms with Crippen LogP contribution in [0.25, 0.3) is 10.9 Å². The van der Waals surface area contributed by atoms with E-state index in [2.05, 4.69) is 45.0 Å². The van der Waals surface area contributed by atoms with E-state index in [1.165, 1.54) is 11.1 Å². The monoisotopic (exact) mass is 352 g/mol. The van der Waals surface area contributed by atoms with Gasteiger partial charge in [-0.3, -0.25) is 9.36 Å². The second-order valence-corrected chi connectivity index (χ2v) is 7.77. The van der Waals surface area contributed by atoms with Gasteiger partial charge >= 0.3 is 0 Å². The zero-order chi connectivity index (χ0) is 17.8. The fourth-order valence-electron chi connectivity index (χ4n) is 2.67. The maximum absolute atomic E-state index is 12.9. The van der Waals surface area contributed by atoms with Gasteiger partial charge in [-0.15, -0.1) is 0 Å². The fourth-order valence-corrected chi connectivity index (χ4v) is 3.66. The topological polar surface area (TPSA) is 34.9 Å². The maximum atomic E-state index is 12.9. The van der Waals surface area contributed by atoms with Gasteiger partial charge in [-0.05, 0) is 37.0 Å². The highest BCUT2D eigenvalue weighted by molar-refractivity contribution is 7.98. The Hall–Kier alpha value is -2.07. The third-order valence-electron chi connectivity index (χ3n) is 4.25. The third-order valence-corrected chi connectivity index (χ3v) is 5.29. The lowest BCUT2D eigenvalue weighted by Gasteiger charge is -2.14. The van der Waals surface area contributed by atoms with Gasteiger partial charge in [0.1, 0.15) is 0 Å². The predicted molar refractivity (Wildman–Crippen MR) is 106 cm³/mol. The van der Waals surface area contributed by atoms with E-state index in [4.69, 9.17) is 4.98 Å². The van der Waals surface area contributed by atoms with Crippen LogP contribution in [-0.2, 0) is 12.3 Å². The first-order valence-electron chi connectivity index (χ1n) is 8.72. The standard InChI is InChI=1S/C21H24N2OS/c1-15(2)12-13-23-20(24)18-6-4-5-7-19(18)22-21(23)25-14-17-10-8-16(3)9-11-17/h4-11,15H,12-14H2,1-3H3. The van der Waals surface area contributed by atoms with E-state index >= 15 is 0 Å². The molecule has 1 heterocycles. The first kappa shape index (κ1) is 17.7. The molecule has 0 radical (unpaired) electrons. The molecular formula is C21H24N2OS. The van der Waals surface area contributed by atoms with Crippen molar-refractivity contribution in [2.24, 2.45) is 5.92 Å². The number of aromatic nitrogens is 2. The Morgan fingerprint density at radius 1 is 1.08 bits per heavy atom. The van der Waals surface area contributed by atoms with E-state index in [1.54, 1.807) is 11.8 Å². The van der Waals surface area contributed by atoms with Crippen LogP contribution in [0, 0.1) is 12.8 Å². The molecule has 3 nitrogen and oxygen atoms in total. The summed E-state index contributed by atoms with van der Waals surface area (Å²) in [6.07, 6.45) is 0.970. The highest BCUT2D eigenvalue weighted by Crippen LogP contribution is 2.23. The summed E-state index contributed by atoms with van der Waals surface area (Å²) in [6, 6.07) is 16.1. The third kappa shape index (κ3) is 4.31. The number of nitrogens with zero attached hydrogens (tertiary/aromatic N) is 2. The first-order chi connectivity index (χ1) is 12.0. The average Bonchev–Trinajstić information content (AvgIpc) is 2.60. The van der Waals surface area contributed by atoms with Gasteiger partial charge in [0, 0.05) is 12.3 Å². The van der Waals surface area contributed by atoms with E-state index in [1.807, 2.05) is 28.8 Å². The van der Waals surface area contributed by atoms with E-state index in [9.17, 15) is 4.79 Å². The van der Waals surface area contributed by atoms with Crippen molar-refractivity contribution in [2.45, 2.75) is 44.6 Å². The van der Waals surface area contributed by atoms with Gasteiger partial charge in [0.25, 0.3) is 5.56 Å². The van der Waals surface area contributed by atoms with Crippen LogP contribution in [0.1, 0.15) is 31.4 Å². The fraction of sp³-hybridized carbons (Fsp3) is 0.333. The Kier molecular flexibility index (Phi) is 5.59. The van der Waals surface area contributed by atoms with Crippen LogP contribution in [-0.4, -0.2) is 9.55 Å². The number of para-hydroxylation sites is 1. The van der Waals surface area contributed by atoms with Gasteiger partial charge in [0.2, 0.25) is 0 Å². The van der Waals surface area contributed by atoms with Crippen LogP contribution in [0.5, 0.6) is 0 Å². The summed E-state index contributed by atoms with van der Waals surface area (Å²) in [5.41, 5.74) is 3.34. The Bertz CT molecular complexity index is 913. The molecule has 0 N–H and O–H groups in total. The molecule has 0 bridgehead atoms. The van der Waals surface area contributed by atoms with E-state index in [0.29, 0.717) is 17.8 Å². The second-order valence-electron chi connectivity index (χ2n) is 6.83. The van der Waals surface area contributed by atoms with Crippen molar-refractivity contribution < 1.29 is 0 Å². The largest absolute Gasteiger partial charge is 0.287 e. The van der Waals surface area contributed by atoms with Gasteiger partial charge < -0.3 is 0 Å². The van der Waals surface area contributed by atoms with Crippen LogP contribution in [0.3, 0.4) is 0 Å². The quantitative estimate of drug-likeness (QED) is 0.460. The summed E-state index contributed by atoms with van der Waals surface area (Å²) in [4.78, 5) is 17.7. The van der Waals surface area contributed by atoms with Crippen LogP contribution in [0.2, 0.25) is 0 Å². The highest BCUT2D eigenvalue weighted by atomic mass is 32.2. The van der Waals surface area contributed by atoms with E-state index < -0.39 is 0 Å². The molecule has 0 aliphatic heterocycles. The SMILES string of the molecule is Cc1ccc(CSc2nc3ccccc3c(=O)n2CCC(C)C)cc1. The number of aryl methyl sites for hydroxylation is 1. The lowest BCUT2D eigenvalue weighted by atomic mass is 10.1. The second kappa shape index (κ2) is 7.87. The summed E-state index contributed by atoms with van der Waals surface area (Å²) in [7, 11) is 0. The van der Waals surface area contributed by atoms with Crippen molar-refractivity contribution in [3.8, 4) is 0 Å². The molecule has 0 unspecified atom stereocenters. The predicted octanol–water partition coefficient (Wildman–Crippen LogP) is 5.04. The number of rotatable bonds is 6. The minimum atomic E-state index is 0.0673. The Morgan fingerprint density at radius 3 is 2.52 bits per heavy atom. The zero-order valence-electron chi connectivity index (χ0n) is 15.0. The smallest absolute Gasteiger partial charge is 0.262 e. The molecule has 0 aliphatic carbocycles. The minimum absolute atomic E-state index is 0.0673. The van der Waals surface area contributed by atoms with Crippen LogP contribution in [0.15, 0.2) is 58.5 Å². The molecule has 0 amide bonds. The van der Waals surface area contributed by atoms with Crippen molar-refractivity contribution in [1.29, 1.82) is 0 Å². The number of hydrogen-bond donors (Lipinski definition) is 0. The molecule has 4 heteroatoms. The van der Waals surface area contributed by atoms with Crippen molar-refractivity contribution in [1.82, 2.24) is 9.55 Å². The molecule has 0 fully saturated rings. The maximum Gasteiger partial charge on any atom is 0.262 e. The minimum Gasteiger partial charge on any atom is -0.287 e. The molecule has 0 saturated heterocycles. The molecule has 0 spiro atoms. The number of benzene rings is 2. The van der Waals surface area contributed by atoms with Gasteiger partial charge in [-0.25, -0.2) is 4.98 Å². The Morgan fingerprint density at radius 2 is 1.80 bits per heavy atom. The molecule has 0 saturated carbocycles. The Balaban J connectivity index is 1.94. The molecule has 0 aliphatic rings. The average molecular weight is 353 g/mol. The van der Waals surface area contributed by atoms with E-state index in [-0.39, 0.29) is 5.56 Å². The van der Waals surface area contributed by atoms with Crippen molar-refractivity contribution >= 4 is 22.7 Å². The highest BCUT2D eigenvalue weighted by Gasteiger charge is 2.12. The normalized spacial score (nSPS) is 11.4. The molecular weight excluding hydrogens is 328 g/mol. The van der Waals surface area contributed by atoms with Crippen LogP contribution in [0.4, 0.5) is 0 Å². The molecule has 2 aromatic carbocycles. The molecule has 3 aromatic rings. The molecule has 3 rings (SSSR count). The lowest BCUT2D eigenvalue weighted by molar-refractivity contribution is 0.481. The van der Waals surface area contributed by atoms with Crippen molar-refractivity contribution in [3.63, 3.8) is 0 Å². The van der Waals surface area contributed by atoms with E-state index in [0.717, 1.165) is 22.8 Å². The molecule has 0 atom stereocenters. The summed E-state index contributed by atoms with van der Waals surface area (Å²) >= 11 is 1.64. The van der Waals surface area contributed by atoms with Crippen molar-refractivity contribution in [3.05, 3.63) is 70.0 Å². The number of thioether (sulfide) groups is 1. The molecule has 1 aromatic heterocycles. The first-order valence-corrected chi connectivity index (χ1v) is 9.71. The summed E-state index contributed by atoms with van der Waals surface area (Å²) in [5, 5.41) is 1.51. The summed E-state index contributed by atoms with van der Waals surface area (Å²) in [6.45, 7) is 7.16. The van der Waals surface area contributed by atoms with Gasteiger partial charge in [-0.2, -0.15) is 0 Å². The van der Waals surface area contributed by atoms with Crippen molar-refractivity contribution in [2.75, 3.05) is 0 Å². The van der Waals surface area contributed by atoms with Gasteiger partial charge in [0.15, 0.2) is 5.16 Å². The lowest BCUT2D eigenvalue weighted by Crippen LogP contribution is -2.24. The zero-order valence-corrected chi connectivity index (χ0v) is 15.8. The van der Waals surface area contributed by atoms with Gasteiger partial charge in [-0.1, -0.05) is 67.6 Å². The Labute approximate surface area is 153 Å². The summed E-state index contributed by atoms with van der Waals surface area (Å²) in [5.74, 6) is 1.36. The van der Waals surface area contributed by atoms with Gasteiger partial charge in [0.05, 0.1) is 10.9 Å². The number of fused-ring (bicyclic) bond motifs is 1. The molecule has 25 heavy (non-hydrogen) atoms. The molecule has 130 valence electrons. The van der Waals surface area contributed by atoms with Crippen LogP contribution >= 0.6 is 11.8 Å². The van der Waals surface area contributed by atoms with Crippen LogP contribution < -0.4 is 5.56 Å².